The third-order valence-corrected chi connectivity index (χ3v) is 2.62. The van der Waals surface area contributed by atoms with E-state index in [0.29, 0.717) is 6.54 Å². The van der Waals surface area contributed by atoms with Crippen LogP contribution in [0.1, 0.15) is 26.7 Å². The van der Waals surface area contributed by atoms with Gasteiger partial charge in [0.2, 0.25) is 5.95 Å². The fourth-order valence-corrected chi connectivity index (χ4v) is 1.53. The Morgan fingerprint density at radius 3 is 2.83 bits per heavy atom. The van der Waals surface area contributed by atoms with Crippen LogP contribution in [0.15, 0.2) is 6.20 Å². The quantitative estimate of drug-likeness (QED) is 0.432. The van der Waals surface area contributed by atoms with Crippen molar-refractivity contribution in [3.8, 4) is 0 Å². The van der Waals surface area contributed by atoms with E-state index in [2.05, 4.69) is 20.7 Å². The van der Waals surface area contributed by atoms with Gasteiger partial charge in [0.1, 0.15) is 0 Å². The molecule has 7 heteroatoms. The average Bonchev–Trinajstić information content (AvgIpc) is 2.35. The number of nitrogens with one attached hydrogen (secondary N) is 2. The van der Waals surface area contributed by atoms with Gasteiger partial charge in [-0.15, -0.1) is 0 Å². The molecule has 6 nitrogen and oxygen atoms in total. The first-order chi connectivity index (χ1) is 8.48. The molecule has 0 saturated carbocycles. The molecule has 5 N–H and O–H groups in total. The summed E-state index contributed by atoms with van der Waals surface area (Å²) in [6, 6.07) is 0. The molecule has 102 valence electrons. The molecule has 0 saturated heterocycles. The van der Waals surface area contributed by atoms with Crippen LogP contribution in [0, 0.1) is 11.2 Å². The van der Waals surface area contributed by atoms with Crippen LogP contribution in [0.25, 0.3) is 0 Å². The van der Waals surface area contributed by atoms with E-state index in [4.69, 9.17) is 10.9 Å². The molecule has 0 amide bonds. The fourth-order valence-electron chi connectivity index (χ4n) is 1.53. The summed E-state index contributed by atoms with van der Waals surface area (Å²) >= 11 is 0. The number of aromatic nitrogens is 2. The SMILES string of the molecule is CC(C)(CCCO)CNc1nc(NN)ncc1F. The number of hydrazine groups is 1. The Kier molecular flexibility index (Phi) is 5.24. The van der Waals surface area contributed by atoms with E-state index in [1.54, 1.807) is 0 Å². The van der Waals surface area contributed by atoms with Gasteiger partial charge in [-0.3, -0.25) is 5.43 Å². The van der Waals surface area contributed by atoms with Crippen LogP contribution in [-0.4, -0.2) is 28.2 Å². The second-order valence-corrected chi connectivity index (χ2v) is 4.88. The molecule has 0 bridgehead atoms. The maximum absolute atomic E-state index is 13.4. The third kappa shape index (κ3) is 4.42. The second-order valence-electron chi connectivity index (χ2n) is 4.88. The summed E-state index contributed by atoms with van der Waals surface area (Å²) in [6.45, 7) is 4.78. The lowest BCUT2D eigenvalue weighted by atomic mass is 9.88. The molecule has 18 heavy (non-hydrogen) atoms. The Morgan fingerprint density at radius 2 is 2.22 bits per heavy atom. The van der Waals surface area contributed by atoms with Gasteiger partial charge in [0.15, 0.2) is 11.6 Å². The highest BCUT2D eigenvalue weighted by molar-refractivity contribution is 5.40. The van der Waals surface area contributed by atoms with Crippen molar-refractivity contribution >= 4 is 11.8 Å². The van der Waals surface area contributed by atoms with Crippen molar-refractivity contribution in [2.24, 2.45) is 11.3 Å². The van der Waals surface area contributed by atoms with Crippen LogP contribution < -0.4 is 16.6 Å². The summed E-state index contributed by atoms with van der Waals surface area (Å²) in [5.74, 6) is 4.92. The lowest BCUT2D eigenvalue weighted by molar-refractivity contribution is 0.247. The molecule has 0 spiro atoms. The average molecular weight is 257 g/mol. The predicted octanol–water partition coefficient (Wildman–Crippen LogP) is 1.11. The van der Waals surface area contributed by atoms with Crippen molar-refractivity contribution in [2.45, 2.75) is 26.7 Å². The van der Waals surface area contributed by atoms with Crippen LogP contribution in [0.3, 0.4) is 0 Å². The van der Waals surface area contributed by atoms with E-state index in [0.717, 1.165) is 19.0 Å². The molecule has 0 unspecified atom stereocenters. The normalized spacial score (nSPS) is 11.4. The number of halogens is 1. The molecule has 1 heterocycles. The van der Waals surface area contributed by atoms with Gasteiger partial charge in [0.05, 0.1) is 6.20 Å². The van der Waals surface area contributed by atoms with Gasteiger partial charge in [-0.1, -0.05) is 13.8 Å². The lowest BCUT2D eigenvalue weighted by Crippen LogP contribution is -2.24. The Balaban J connectivity index is 2.62. The minimum Gasteiger partial charge on any atom is -0.396 e. The number of hydrogen-bond acceptors (Lipinski definition) is 6. The van der Waals surface area contributed by atoms with E-state index >= 15 is 0 Å². The summed E-state index contributed by atoms with van der Waals surface area (Å²) in [5.41, 5.74) is 2.20. The smallest absolute Gasteiger partial charge is 0.239 e. The summed E-state index contributed by atoms with van der Waals surface area (Å²) in [6.07, 6.45) is 2.62. The van der Waals surface area contributed by atoms with Gasteiger partial charge in [0.25, 0.3) is 0 Å². The number of nitrogens with zero attached hydrogens (tertiary/aromatic N) is 2. The molecule has 0 aliphatic heterocycles. The van der Waals surface area contributed by atoms with Gasteiger partial charge >= 0.3 is 0 Å². The topological polar surface area (TPSA) is 96.1 Å². The van der Waals surface area contributed by atoms with Gasteiger partial charge in [-0.25, -0.2) is 15.2 Å². The number of rotatable bonds is 7. The van der Waals surface area contributed by atoms with Crippen molar-refractivity contribution in [3.05, 3.63) is 12.0 Å². The fraction of sp³-hybridized carbons (Fsp3) is 0.636. The van der Waals surface area contributed by atoms with Crippen LogP contribution in [0.5, 0.6) is 0 Å². The Hall–Kier alpha value is -1.47. The predicted molar refractivity (Wildman–Crippen MR) is 68.4 cm³/mol. The molecule has 1 aromatic rings. The van der Waals surface area contributed by atoms with Gasteiger partial charge < -0.3 is 10.4 Å². The highest BCUT2D eigenvalue weighted by Gasteiger charge is 2.18. The van der Waals surface area contributed by atoms with Crippen molar-refractivity contribution in [1.82, 2.24) is 9.97 Å². The van der Waals surface area contributed by atoms with E-state index in [1.165, 1.54) is 0 Å². The molecule has 0 aromatic carbocycles. The van der Waals surface area contributed by atoms with E-state index in [1.807, 2.05) is 13.8 Å². The van der Waals surface area contributed by atoms with Gasteiger partial charge in [-0.2, -0.15) is 4.98 Å². The minimum atomic E-state index is -0.521. The molecule has 1 rings (SSSR count). The van der Waals surface area contributed by atoms with Crippen LogP contribution in [0.2, 0.25) is 0 Å². The van der Waals surface area contributed by atoms with Gasteiger partial charge in [0, 0.05) is 13.2 Å². The monoisotopic (exact) mass is 257 g/mol. The van der Waals surface area contributed by atoms with Crippen molar-refractivity contribution in [3.63, 3.8) is 0 Å². The van der Waals surface area contributed by atoms with Crippen molar-refractivity contribution in [1.29, 1.82) is 0 Å². The van der Waals surface area contributed by atoms with E-state index in [-0.39, 0.29) is 23.8 Å². The zero-order chi connectivity index (χ0) is 13.6. The largest absolute Gasteiger partial charge is 0.396 e. The maximum Gasteiger partial charge on any atom is 0.239 e. The summed E-state index contributed by atoms with van der Waals surface area (Å²) in [4.78, 5) is 7.55. The number of anilines is 2. The van der Waals surface area contributed by atoms with Crippen LogP contribution in [-0.2, 0) is 0 Å². The third-order valence-electron chi connectivity index (χ3n) is 2.62. The summed E-state index contributed by atoms with van der Waals surface area (Å²) < 4.78 is 13.4. The molecule has 1 aromatic heterocycles. The van der Waals surface area contributed by atoms with Crippen LogP contribution in [0.4, 0.5) is 16.2 Å². The lowest BCUT2D eigenvalue weighted by Gasteiger charge is -2.25. The van der Waals surface area contributed by atoms with Crippen molar-refractivity contribution < 1.29 is 9.50 Å². The Bertz CT molecular complexity index is 386. The number of nitrogens with two attached hydrogens (primary N) is 1. The van der Waals surface area contributed by atoms with Crippen molar-refractivity contribution in [2.75, 3.05) is 23.9 Å². The summed E-state index contributed by atoms with van der Waals surface area (Å²) in [5, 5.41) is 11.7. The maximum atomic E-state index is 13.4. The van der Waals surface area contributed by atoms with Gasteiger partial charge in [-0.05, 0) is 18.3 Å². The van der Waals surface area contributed by atoms with E-state index < -0.39 is 5.82 Å². The zero-order valence-electron chi connectivity index (χ0n) is 10.7. The highest BCUT2D eigenvalue weighted by atomic mass is 19.1. The standard InChI is InChI=1S/C11H20FN5O/c1-11(2,4-3-5-18)7-15-9-8(12)6-14-10(16-9)17-13/h6,18H,3-5,7,13H2,1-2H3,(H2,14,15,16,17). The minimum absolute atomic E-state index is 0.0591. The van der Waals surface area contributed by atoms with Crippen LogP contribution >= 0.6 is 0 Å². The molecule has 0 aliphatic rings. The molecular weight excluding hydrogens is 237 g/mol. The second kappa shape index (κ2) is 6.46. The molecule has 0 radical (unpaired) electrons. The number of aliphatic hydroxyl groups excluding tert-OH is 1. The Morgan fingerprint density at radius 1 is 1.50 bits per heavy atom. The zero-order valence-corrected chi connectivity index (χ0v) is 10.7. The molecule has 0 aliphatic carbocycles. The summed E-state index contributed by atoms with van der Waals surface area (Å²) in [7, 11) is 0. The number of aliphatic hydroxyl groups is 1. The number of hydrogen-bond donors (Lipinski definition) is 4. The first-order valence-corrected chi connectivity index (χ1v) is 5.82. The number of nitrogen functional groups attached to an aromatic ring is 1. The molecular formula is C11H20FN5O. The molecule has 0 atom stereocenters. The highest BCUT2D eigenvalue weighted by Crippen LogP contribution is 2.23. The first-order valence-electron chi connectivity index (χ1n) is 5.82. The van der Waals surface area contributed by atoms with E-state index in [9.17, 15) is 4.39 Å². The molecule has 0 fully saturated rings. The first kappa shape index (κ1) is 14.6. The Labute approximate surface area is 106 Å².